The van der Waals surface area contributed by atoms with Crippen molar-refractivity contribution in [3.63, 3.8) is 0 Å². The number of amides is 1. The zero-order chi connectivity index (χ0) is 23.3. The van der Waals surface area contributed by atoms with Crippen LogP contribution >= 0.6 is 0 Å². The minimum Gasteiger partial charge on any atom is -0.507 e. The van der Waals surface area contributed by atoms with E-state index in [1.165, 1.54) is 4.90 Å². The number of ether oxygens (including phenoxy) is 1. The number of aryl methyl sites for hydroxylation is 2. The van der Waals surface area contributed by atoms with Gasteiger partial charge in [-0.25, -0.2) is 0 Å². The first-order chi connectivity index (χ1) is 15.8. The minimum absolute atomic E-state index is 0.0663. The number of ketones is 1. The number of carbonyl (C=O) groups is 2. The number of aliphatic hydroxyl groups excluding tert-OH is 1. The van der Waals surface area contributed by atoms with Gasteiger partial charge in [0.25, 0.3) is 11.7 Å². The molecular weight excluding hydrogens is 414 g/mol. The summed E-state index contributed by atoms with van der Waals surface area (Å²) in [5.74, 6) is -0.718. The summed E-state index contributed by atoms with van der Waals surface area (Å²) in [7, 11) is 0. The second-order valence-electron chi connectivity index (χ2n) is 8.88. The number of carbonyl (C=O) groups excluding carboxylic acids is 2. The maximum absolute atomic E-state index is 13.3. The molecule has 0 aromatic heterocycles. The molecule has 5 nitrogen and oxygen atoms in total. The Kier molecular flexibility index (Phi) is 5.05. The molecule has 0 spiro atoms. The molecule has 0 saturated carbocycles. The first-order valence-electron chi connectivity index (χ1n) is 11.1. The summed E-state index contributed by atoms with van der Waals surface area (Å²) >= 11 is 0. The SMILES string of the molecule is Cc1cccc(C2/C(=C(/O)c3ccc4c(c3)CC(C)O4)C(=O)C(=O)N2c2cccc(C)c2)c1. The van der Waals surface area contributed by atoms with Crippen LogP contribution in [0, 0.1) is 13.8 Å². The van der Waals surface area contributed by atoms with Gasteiger partial charge in [-0.3, -0.25) is 14.5 Å². The lowest BCUT2D eigenvalue weighted by molar-refractivity contribution is -0.132. The Morgan fingerprint density at radius 1 is 0.970 bits per heavy atom. The summed E-state index contributed by atoms with van der Waals surface area (Å²) in [6.45, 7) is 5.89. The number of hydrogen-bond acceptors (Lipinski definition) is 4. The molecule has 0 radical (unpaired) electrons. The summed E-state index contributed by atoms with van der Waals surface area (Å²) in [6.07, 6.45) is 0.798. The number of Topliss-reactive ketones (excluding diaryl/α,β-unsaturated/α-hetero) is 1. The van der Waals surface area contributed by atoms with Crippen LogP contribution in [0.2, 0.25) is 0 Å². The van der Waals surface area contributed by atoms with Crippen LogP contribution in [0.15, 0.2) is 72.3 Å². The Morgan fingerprint density at radius 3 is 2.42 bits per heavy atom. The Bertz CT molecular complexity index is 1320. The molecule has 0 aliphatic carbocycles. The maximum Gasteiger partial charge on any atom is 0.300 e. The van der Waals surface area contributed by atoms with Crippen molar-refractivity contribution in [2.45, 2.75) is 39.3 Å². The highest BCUT2D eigenvalue weighted by Crippen LogP contribution is 2.43. The number of rotatable bonds is 3. The predicted octanol–water partition coefficient (Wildman–Crippen LogP) is 5.25. The fourth-order valence-electron chi connectivity index (χ4n) is 4.76. The molecule has 5 heteroatoms. The van der Waals surface area contributed by atoms with Crippen LogP contribution in [0.25, 0.3) is 5.76 Å². The number of hydrogen-bond donors (Lipinski definition) is 1. The Morgan fingerprint density at radius 2 is 1.70 bits per heavy atom. The third kappa shape index (κ3) is 3.59. The zero-order valence-corrected chi connectivity index (χ0v) is 18.8. The van der Waals surface area contributed by atoms with Gasteiger partial charge in [0, 0.05) is 17.7 Å². The van der Waals surface area contributed by atoms with E-state index in [1.54, 1.807) is 6.07 Å². The molecule has 3 aromatic carbocycles. The highest BCUT2D eigenvalue weighted by molar-refractivity contribution is 6.51. The maximum atomic E-state index is 13.3. The average Bonchev–Trinajstić information content (AvgIpc) is 3.29. The molecule has 5 rings (SSSR count). The zero-order valence-electron chi connectivity index (χ0n) is 18.8. The molecule has 166 valence electrons. The molecule has 2 atom stereocenters. The second-order valence-corrected chi connectivity index (χ2v) is 8.88. The molecule has 2 aliphatic heterocycles. The van der Waals surface area contributed by atoms with Crippen LogP contribution in [0.5, 0.6) is 5.75 Å². The monoisotopic (exact) mass is 439 g/mol. The fourth-order valence-corrected chi connectivity index (χ4v) is 4.76. The van der Waals surface area contributed by atoms with Crippen LogP contribution in [-0.2, 0) is 16.0 Å². The van der Waals surface area contributed by atoms with Gasteiger partial charge in [0.2, 0.25) is 0 Å². The normalized spacial score (nSPS) is 21.2. The fraction of sp³-hybridized carbons (Fsp3) is 0.214. The van der Waals surface area contributed by atoms with Gasteiger partial charge in [-0.05, 0) is 67.8 Å². The van der Waals surface area contributed by atoms with Crippen molar-refractivity contribution >= 4 is 23.1 Å². The molecule has 0 bridgehead atoms. The Labute approximate surface area is 192 Å². The molecular formula is C28H25NO4. The molecule has 33 heavy (non-hydrogen) atoms. The highest BCUT2D eigenvalue weighted by Gasteiger charge is 2.47. The van der Waals surface area contributed by atoms with Crippen molar-refractivity contribution < 1.29 is 19.4 Å². The van der Waals surface area contributed by atoms with E-state index in [9.17, 15) is 14.7 Å². The Balaban J connectivity index is 1.70. The third-order valence-electron chi connectivity index (χ3n) is 6.25. The number of nitrogens with zero attached hydrogens (tertiary/aromatic N) is 1. The molecule has 2 aliphatic rings. The molecule has 1 fully saturated rings. The predicted molar refractivity (Wildman–Crippen MR) is 127 cm³/mol. The van der Waals surface area contributed by atoms with Crippen molar-refractivity contribution in [1.29, 1.82) is 0 Å². The summed E-state index contributed by atoms with van der Waals surface area (Å²) in [5, 5.41) is 11.4. The Hall–Kier alpha value is -3.86. The third-order valence-corrected chi connectivity index (χ3v) is 6.25. The van der Waals surface area contributed by atoms with Gasteiger partial charge in [0.15, 0.2) is 0 Å². The minimum atomic E-state index is -0.727. The van der Waals surface area contributed by atoms with Gasteiger partial charge in [-0.2, -0.15) is 0 Å². The van der Waals surface area contributed by atoms with Crippen molar-refractivity contribution in [2.24, 2.45) is 0 Å². The largest absolute Gasteiger partial charge is 0.507 e. The number of anilines is 1. The summed E-state index contributed by atoms with van der Waals surface area (Å²) < 4.78 is 5.77. The van der Waals surface area contributed by atoms with Crippen molar-refractivity contribution in [2.75, 3.05) is 4.90 Å². The first-order valence-corrected chi connectivity index (χ1v) is 11.1. The highest BCUT2D eigenvalue weighted by atomic mass is 16.5. The smallest absolute Gasteiger partial charge is 0.300 e. The number of aliphatic hydroxyl groups is 1. The number of benzene rings is 3. The summed E-state index contributed by atoms with van der Waals surface area (Å²) in [4.78, 5) is 28.1. The van der Waals surface area contributed by atoms with E-state index in [-0.39, 0.29) is 17.4 Å². The topological polar surface area (TPSA) is 66.8 Å². The molecule has 1 N–H and O–H groups in total. The standard InChI is InChI=1S/C28H25NO4/c1-16-6-4-8-19(12-16)25-24(26(30)20-10-11-23-21(15-20)14-18(3)33-23)27(31)28(32)29(25)22-9-5-7-17(2)13-22/h4-13,15,18,25,30H,14H2,1-3H3/b26-24-. The molecule has 3 aromatic rings. The van der Waals surface area contributed by atoms with E-state index < -0.39 is 17.7 Å². The molecule has 2 unspecified atom stereocenters. The van der Waals surface area contributed by atoms with Crippen LogP contribution in [0.3, 0.4) is 0 Å². The van der Waals surface area contributed by atoms with E-state index in [0.29, 0.717) is 11.3 Å². The molecule has 1 saturated heterocycles. The molecule has 1 amide bonds. The van der Waals surface area contributed by atoms with E-state index in [0.717, 1.165) is 34.4 Å². The lowest BCUT2D eigenvalue weighted by Gasteiger charge is -2.26. The van der Waals surface area contributed by atoms with E-state index in [2.05, 4.69) is 0 Å². The van der Waals surface area contributed by atoms with Crippen molar-refractivity contribution in [1.82, 2.24) is 0 Å². The van der Waals surface area contributed by atoms with Gasteiger partial charge in [0.1, 0.15) is 17.6 Å². The lowest BCUT2D eigenvalue weighted by Crippen LogP contribution is -2.29. The van der Waals surface area contributed by atoms with Crippen LogP contribution < -0.4 is 9.64 Å². The summed E-state index contributed by atoms with van der Waals surface area (Å²) in [5.41, 5.74) is 4.96. The van der Waals surface area contributed by atoms with E-state index in [1.807, 2.05) is 81.4 Å². The van der Waals surface area contributed by atoms with Gasteiger partial charge in [0.05, 0.1) is 11.6 Å². The van der Waals surface area contributed by atoms with Gasteiger partial charge in [-0.1, -0.05) is 42.0 Å². The van der Waals surface area contributed by atoms with Crippen LogP contribution in [0.1, 0.15) is 40.8 Å². The van der Waals surface area contributed by atoms with E-state index in [4.69, 9.17) is 4.74 Å². The van der Waals surface area contributed by atoms with Crippen molar-refractivity contribution in [3.8, 4) is 5.75 Å². The van der Waals surface area contributed by atoms with Gasteiger partial charge in [-0.15, -0.1) is 0 Å². The lowest BCUT2D eigenvalue weighted by atomic mass is 9.93. The van der Waals surface area contributed by atoms with Gasteiger partial charge < -0.3 is 9.84 Å². The molecule has 2 heterocycles. The van der Waals surface area contributed by atoms with Crippen LogP contribution in [-0.4, -0.2) is 22.9 Å². The van der Waals surface area contributed by atoms with E-state index >= 15 is 0 Å². The number of fused-ring (bicyclic) bond motifs is 1. The van der Waals surface area contributed by atoms with Gasteiger partial charge >= 0.3 is 0 Å². The second kappa shape index (κ2) is 7.93. The van der Waals surface area contributed by atoms with Crippen molar-refractivity contribution in [3.05, 3.63) is 100 Å². The average molecular weight is 440 g/mol. The van der Waals surface area contributed by atoms with Crippen LogP contribution in [0.4, 0.5) is 5.69 Å². The summed E-state index contributed by atoms with van der Waals surface area (Å²) in [6, 6.07) is 19.9. The quantitative estimate of drug-likeness (QED) is 0.344. The first kappa shape index (κ1) is 21.0.